The number of hydrogen-bond acceptors (Lipinski definition) is 5. The lowest BCUT2D eigenvalue weighted by Crippen LogP contribution is -2.29. The topological polar surface area (TPSA) is 75.5 Å². The van der Waals surface area contributed by atoms with E-state index in [-0.39, 0.29) is 11.6 Å². The van der Waals surface area contributed by atoms with Crippen LogP contribution in [0, 0.1) is 10.1 Å². The minimum atomic E-state index is -0.416. The molecule has 2 aromatic carbocycles. The van der Waals surface area contributed by atoms with Gasteiger partial charge in [-0.2, -0.15) is 0 Å². The Bertz CT molecular complexity index is 772. The molecule has 1 aliphatic rings. The Morgan fingerprint density at radius 2 is 1.70 bits per heavy atom. The Hall–Kier alpha value is -2.54. The number of nitro benzene ring substituents is 1. The van der Waals surface area contributed by atoms with Crippen molar-refractivity contribution in [2.24, 2.45) is 0 Å². The van der Waals surface area contributed by atoms with Gasteiger partial charge in [0.05, 0.1) is 10.7 Å². The van der Waals surface area contributed by atoms with Crippen LogP contribution in [0.2, 0.25) is 0 Å². The van der Waals surface area contributed by atoms with Crippen LogP contribution in [0.5, 0.6) is 0 Å². The van der Waals surface area contributed by atoms with Crippen molar-refractivity contribution in [3.63, 3.8) is 0 Å². The fraction of sp³-hybridized carbons (Fsp3) is 0.350. The summed E-state index contributed by atoms with van der Waals surface area (Å²) in [6.07, 6.45) is 3.79. The SMILES string of the molecule is O=C(CSCc1ccc([N+](=O)[O-])cc1)Nc1ccc(N2CCCCC2)cc1. The quantitative estimate of drug-likeness (QED) is 0.563. The summed E-state index contributed by atoms with van der Waals surface area (Å²) in [5.74, 6) is 0.928. The molecule has 0 aliphatic carbocycles. The molecule has 0 atom stereocenters. The van der Waals surface area contributed by atoms with Gasteiger partial charge in [-0.05, 0) is 49.1 Å². The number of rotatable bonds is 7. The Labute approximate surface area is 163 Å². The first-order valence-corrected chi connectivity index (χ1v) is 10.2. The molecule has 1 N–H and O–H groups in total. The lowest BCUT2D eigenvalue weighted by molar-refractivity contribution is -0.384. The summed E-state index contributed by atoms with van der Waals surface area (Å²) in [6.45, 7) is 2.20. The second kappa shape index (κ2) is 9.41. The van der Waals surface area contributed by atoms with Crippen LogP contribution in [0.15, 0.2) is 48.5 Å². The third-order valence-corrected chi connectivity index (χ3v) is 5.53. The maximum atomic E-state index is 12.1. The predicted octanol–water partition coefficient (Wildman–Crippen LogP) is 4.46. The Balaban J connectivity index is 1.42. The fourth-order valence-corrected chi connectivity index (χ4v) is 3.87. The van der Waals surface area contributed by atoms with E-state index in [0.717, 1.165) is 24.3 Å². The normalized spacial score (nSPS) is 14.0. The maximum Gasteiger partial charge on any atom is 0.269 e. The number of anilines is 2. The number of carbonyl (C=O) groups excluding carboxylic acids is 1. The van der Waals surface area contributed by atoms with Crippen molar-refractivity contribution in [3.8, 4) is 0 Å². The molecule has 0 bridgehead atoms. The zero-order valence-corrected chi connectivity index (χ0v) is 15.9. The first-order chi connectivity index (χ1) is 13.1. The number of nitrogens with zero attached hydrogens (tertiary/aromatic N) is 2. The number of nitro groups is 1. The molecule has 1 aliphatic heterocycles. The Morgan fingerprint density at radius 3 is 2.33 bits per heavy atom. The molecule has 1 saturated heterocycles. The largest absolute Gasteiger partial charge is 0.372 e. The summed E-state index contributed by atoms with van der Waals surface area (Å²) in [7, 11) is 0. The van der Waals surface area contributed by atoms with Crippen LogP contribution < -0.4 is 10.2 Å². The van der Waals surface area contributed by atoms with E-state index in [9.17, 15) is 14.9 Å². The van der Waals surface area contributed by atoms with Crippen molar-refractivity contribution in [2.75, 3.05) is 29.1 Å². The van der Waals surface area contributed by atoms with Gasteiger partial charge in [0, 0.05) is 42.3 Å². The van der Waals surface area contributed by atoms with Gasteiger partial charge in [0.25, 0.3) is 5.69 Å². The van der Waals surface area contributed by atoms with E-state index < -0.39 is 4.92 Å². The van der Waals surface area contributed by atoms with E-state index in [1.807, 2.05) is 12.1 Å². The van der Waals surface area contributed by atoms with E-state index in [2.05, 4.69) is 22.3 Å². The second-order valence-corrected chi connectivity index (χ2v) is 7.54. The summed E-state index contributed by atoms with van der Waals surface area (Å²) in [4.78, 5) is 24.7. The minimum absolute atomic E-state index is 0.0485. The third-order valence-electron chi connectivity index (χ3n) is 4.52. The van der Waals surface area contributed by atoms with Crippen molar-refractivity contribution in [3.05, 3.63) is 64.2 Å². The molecular formula is C20H23N3O3S. The van der Waals surface area contributed by atoms with Crippen LogP contribution >= 0.6 is 11.8 Å². The number of carbonyl (C=O) groups is 1. The van der Waals surface area contributed by atoms with E-state index in [1.54, 1.807) is 12.1 Å². The standard InChI is InChI=1S/C20H23N3O3S/c24-20(15-27-14-16-4-8-19(9-5-16)23(25)26)21-17-6-10-18(11-7-17)22-12-2-1-3-13-22/h4-11H,1-3,12-15H2,(H,21,24). The molecule has 1 heterocycles. The number of amides is 1. The zero-order chi connectivity index (χ0) is 19.1. The van der Waals surface area contributed by atoms with Gasteiger partial charge < -0.3 is 10.2 Å². The Kier molecular flexibility index (Phi) is 6.70. The molecule has 0 spiro atoms. The number of benzene rings is 2. The van der Waals surface area contributed by atoms with Crippen molar-refractivity contribution in [1.29, 1.82) is 0 Å². The van der Waals surface area contributed by atoms with Gasteiger partial charge in [-0.1, -0.05) is 12.1 Å². The molecule has 0 saturated carbocycles. The average Bonchev–Trinajstić information content (AvgIpc) is 2.69. The highest BCUT2D eigenvalue weighted by atomic mass is 32.2. The van der Waals surface area contributed by atoms with Gasteiger partial charge in [-0.25, -0.2) is 0 Å². The van der Waals surface area contributed by atoms with Crippen LogP contribution in [-0.2, 0) is 10.5 Å². The number of non-ortho nitro benzene ring substituents is 1. The molecule has 27 heavy (non-hydrogen) atoms. The first kappa shape index (κ1) is 19.2. The van der Waals surface area contributed by atoms with Crippen LogP contribution in [0.1, 0.15) is 24.8 Å². The molecule has 0 unspecified atom stereocenters. The van der Waals surface area contributed by atoms with Gasteiger partial charge in [-0.15, -0.1) is 11.8 Å². The highest BCUT2D eigenvalue weighted by Crippen LogP contribution is 2.22. The molecule has 7 heteroatoms. The molecular weight excluding hydrogens is 362 g/mol. The number of hydrogen-bond donors (Lipinski definition) is 1. The highest BCUT2D eigenvalue weighted by Gasteiger charge is 2.11. The molecule has 1 fully saturated rings. The van der Waals surface area contributed by atoms with Crippen LogP contribution in [-0.4, -0.2) is 29.7 Å². The number of thioether (sulfide) groups is 1. The summed E-state index contributed by atoms with van der Waals surface area (Å²) < 4.78 is 0. The molecule has 2 aromatic rings. The number of piperidine rings is 1. The van der Waals surface area contributed by atoms with Crippen LogP contribution in [0.3, 0.4) is 0 Å². The summed E-state index contributed by atoms with van der Waals surface area (Å²) in [5.41, 5.74) is 3.05. The highest BCUT2D eigenvalue weighted by molar-refractivity contribution is 7.99. The van der Waals surface area contributed by atoms with Crippen molar-refractivity contribution in [1.82, 2.24) is 0 Å². The maximum absolute atomic E-state index is 12.1. The lowest BCUT2D eigenvalue weighted by Gasteiger charge is -2.28. The van der Waals surface area contributed by atoms with Gasteiger partial charge >= 0.3 is 0 Å². The fourth-order valence-electron chi connectivity index (χ4n) is 3.08. The molecule has 142 valence electrons. The van der Waals surface area contributed by atoms with Crippen molar-refractivity contribution in [2.45, 2.75) is 25.0 Å². The second-order valence-electron chi connectivity index (χ2n) is 6.56. The van der Waals surface area contributed by atoms with Crippen molar-refractivity contribution < 1.29 is 9.72 Å². The van der Waals surface area contributed by atoms with E-state index in [0.29, 0.717) is 11.5 Å². The minimum Gasteiger partial charge on any atom is -0.372 e. The van der Waals surface area contributed by atoms with E-state index in [4.69, 9.17) is 0 Å². The first-order valence-electron chi connectivity index (χ1n) is 9.08. The van der Waals surface area contributed by atoms with Gasteiger partial charge in [0.1, 0.15) is 0 Å². The monoisotopic (exact) mass is 385 g/mol. The van der Waals surface area contributed by atoms with E-state index >= 15 is 0 Å². The van der Waals surface area contributed by atoms with E-state index in [1.165, 1.54) is 48.8 Å². The third kappa shape index (κ3) is 5.72. The lowest BCUT2D eigenvalue weighted by atomic mass is 10.1. The van der Waals surface area contributed by atoms with Crippen LogP contribution in [0.25, 0.3) is 0 Å². The molecule has 3 rings (SSSR count). The number of nitrogens with one attached hydrogen (secondary N) is 1. The molecule has 0 radical (unpaired) electrons. The summed E-state index contributed by atoms with van der Waals surface area (Å²) >= 11 is 1.48. The smallest absolute Gasteiger partial charge is 0.269 e. The zero-order valence-electron chi connectivity index (χ0n) is 15.1. The molecule has 0 aromatic heterocycles. The average molecular weight is 385 g/mol. The summed E-state index contributed by atoms with van der Waals surface area (Å²) in [6, 6.07) is 14.4. The summed E-state index contributed by atoms with van der Waals surface area (Å²) in [5, 5.41) is 13.6. The molecule has 6 nitrogen and oxygen atoms in total. The van der Waals surface area contributed by atoms with Gasteiger partial charge in [0.2, 0.25) is 5.91 Å². The van der Waals surface area contributed by atoms with Crippen molar-refractivity contribution >= 4 is 34.7 Å². The van der Waals surface area contributed by atoms with Crippen LogP contribution in [0.4, 0.5) is 17.1 Å². The van der Waals surface area contributed by atoms with Gasteiger partial charge in [0.15, 0.2) is 0 Å². The molecule has 1 amide bonds. The predicted molar refractivity (Wildman–Crippen MR) is 110 cm³/mol. The Morgan fingerprint density at radius 1 is 1.04 bits per heavy atom. The van der Waals surface area contributed by atoms with Gasteiger partial charge in [-0.3, -0.25) is 14.9 Å².